The molecule has 0 radical (unpaired) electrons. The molecule has 0 fully saturated rings. The lowest BCUT2D eigenvalue weighted by Crippen LogP contribution is -2.38. The number of ether oxygens (including phenoxy) is 1. The maximum absolute atomic E-state index is 12.8. The van der Waals surface area contributed by atoms with Crippen molar-refractivity contribution in [2.45, 2.75) is 26.4 Å². The number of carboxylic acid groups (broad SMARTS) is 1. The van der Waals surface area contributed by atoms with Crippen LogP contribution in [0.15, 0.2) is 18.2 Å². The molecule has 82 valence electrons. The van der Waals surface area contributed by atoms with Crippen molar-refractivity contribution in [2.24, 2.45) is 0 Å². The molecule has 15 heavy (non-hydrogen) atoms. The van der Waals surface area contributed by atoms with Gasteiger partial charge in [-0.05, 0) is 44.5 Å². The molecule has 1 aromatic rings. The first-order valence-electron chi connectivity index (χ1n) is 4.51. The minimum absolute atomic E-state index is 0.368. The molecule has 0 aromatic heterocycles. The van der Waals surface area contributed by atoms with Crippen molar-refractivity contribution in [3.05, 3.63) is 29.6 Å². The Labute approximate surface area is 87.5 Å². The van der Waals surface area contributed by atoms with Crippen molar-refractivity contribution in [1.29, 1.82) is 0 Å². The number of halogens is 1. The Bertz CT molecular complexity index is 385. The zero-order valence-electron chi connectivity index (χ0n) is 8.87. The first-order valence-corrected chi connectivity index (χ1v) is 4.51. The molecule has 0 heterocycles. The van der Waals surface area contributed by atoms with Gasteiger partial charge in [0.05, 0.1) is 0 Å². The van der Waals surface area contributed by atoms with Crippen LogP contribution in [0.2, 0.25) is 0 Å². The fraction of sp³-hybridized carbons (Fsp3) is 0.364. The maximum atomic E-state index is 12.8. The van der Waals surface area contributed by atoms with Gasteiger partial charge in [0.15, 0.2) is 5.60 Å². The average molecular weight is 212 g/mol. The van der Waals surface area contributed by atoms with E-state index in [1.807, 2.05) is 0 Å². The highest BCUT2D eigenvalue weighted by atomic mass is 19.1. The molecule has 4 heteroatoms. The van der Waals surface area contributed by atoms with Gasteiger partial charge < -0.3 is 9.84 Å². The smallest absolute Gasteiger partial charge is 0.347 e. The standard InChI is InChI=1S/C11H13FO3/c1-7-6-8(12)4-5-9(7)15-11(2,3)10(13)14/h4-6H,1-3H3,(H,13,14). The molecule has 0 unspecified atom stereocenters. The predicted octanol–water partition coefficient (Wildman–Crippen LogP) is 2.38. The number of rotatable bonds is 3. The van der Waals surface area contributed by atoms with Crippen LogP contribution in [0.1, 0.15) is 19.4 Å². The third kappa shape index (κ3) is 2.68. The molecule has 0 amide bonds. The molecular formula is C11H13FO3. The van der Waals surface area contributed by atoms with Crippen LogP contribution in [0.25, 0.3) is 0 Å². The van der Waals surface area contributed by atoms with Crippen LogP contribution in [0.5, 0.6) is 5.75 Å². The summed E-state index contributed by atoms with van der Waals surface area (Å²) in [5, 5.41) is 8.85. The average Bonchev–Trinajstić information content (AvgIpc) is 2.09. The van der Waals surface area contributed by atoms with E-state index in [1.54, 1.807) is 6.92 Å². The summed E-state index contributed by atoms with van der Waals surface area (Å²) in [5.74, 6) is -1.05. The van der Waals surface area contributed by atoms with E-state index in [2.05, 4.69) is 0 Å². The molecule has 0 aliphatic rings. The number of benzene rings is 1. The van der Waals surface area contributed by atoms with Crippen LogP contribution in [0.4, 0.5) is 4.39 Å². The SMILES string of the molecule is Cc1cc(F)ccc1OC(C)(C)C(=O)O. The first-order chi connectivity index (χ1) is 6.83. The van der Waals surface area contributed by atoms with Crippen molar-refractivity contribution >= 4 is 5.97 Å². The van der Waals surface area contributed by atoms with Crippen LogP contribution >= 0.6 is 0 Å². The summed E-state index contributed by atoms with van der Waals surface area (Å²) in [6, 6.07) is 3.96. The van der Waals surface area contributed by atoms with Gasteiger partial charge in [-0.25, -0.2) is 9.18 Å². The van der Waals surface area contributed by atoms with Gasteiger partial charge in [0.1, 0.15) is 11.6 Å². The zero-order valence-corrected chi connectivity index (χ0v) is 8.87. The van der Waals surface area contributed by atoms with E-state index in [-0.39, 0.29) is 5.82 Å². The molecule has 3 nitrogen and oxygen atoms in total. The highest BCUT2D eigenvalue weighted by Gasteiger charge is 2.29. The van der Waals surface area contributed by atoms with Gasteiger partial charge in [-0.3, -0.25) is 0 Å². The van der Waals surface area contributed by atoms with Gasteiger partial charge >= 0.3 is 5.97 Å². The Hall–Kier alpha value is -1.58. The largest absolute Gasteiger partial charge is 0.478 e. The van der Waals surface area contributed by atoms with Crippen LogP contribution in [0, 0.1) is 12.7 Å². The second-order valence-corrected chi connectivity index (χ2v) is 3.83. The van der Waals surface area contributed by atoms with Gasteiger partial charge in [-0.1, -0.05) is 0 Å². The third-order valence-corrected chi connectivity index (χ3v) is 2.02. The van der Waals surface area contributed by atoms with E-state index >= 15 is 0 Å². The Balaban J connectivity index is 2.95. The minimum Gasteiger partial charge on any atom is -0.478 e. The summed E-state index contributed by atoms with van der Waals surface area (Å²) in [4.78, 5) is 10.8. The lowest BCUT2D eigenvalue weighted by atomic mass is 10.1. The molecular weight excluding hydrogens is 199 g/mol. The number of aryl methyl sites for hydroxylation is 1. The monoisotopic (exact) mass is 212 g/mol. The van der Waals surface area contributed by atoms with Crippen molar-refractivity contribution in [3.8, 4) is 5.75 Å². The number of hydrogen-bond acceptors (Lipinski definition) is 2. The number of carbonyl (C=O) groups is 1. The Morgan fingerprint density at radius 1 is 1.47 bits per heavy atom. The van der Waals surface area contributed by atoms with Crippen LogP contribution < -0.4 is 4.74 Å². The Morgan fingerprint density at radius 3 is 2.53 bits per heavy atom. The summed E-state index contributed by atoms with van der Waals surface area (Å²) in [7, 11) is 0. The molecule has 0 bridgehead atoms. The predicted molar refractivity (Wildman–Crippen MR) is 53.5 cm³/mol. The second-order valence-electron chi connectivity index (χ2n) is 3.83. The van der Waals surface area contributed by atoms with E-state index in [4.69, 9.17) is 9.84 Å². The van der Waals surface area contributed by atoms with E-state index in [0.717, 1.165) is 0 Å². The summed E-state index contributed by atoms with van der Waals surface area (Å²) in [6.07, 6.45) is 0. The van der Waals surface area contributed by atoms with Crippen LogP contribution in [-0.4, -0.2) is 16.7 Å². The van der Waals surface area contributed by atoms with Gasteiger partial charge in [0.2, 0.25) is 0 Å². The van der Waals surface area contributed by atoms with Gasteiger partial charge in [-0.2, -0.15) is 0 Å². The van der Waals surface area contributed by atoms with E-state index < -0.39 is 11.6 Å². The summed E-state index contributed by atoms with van der Waals surface area (Å²) >= 11 is 0. The van der Waals surface area contributed by atoms with E-state index in [0.29, 0.717) is 11.3 Å². The van der Waals surface area contributed by atoms with Gasteiger partial charge in [0.25, 0.3) is 0 Å². The summed E-state index contributed by atoms with van der Waals surface area (Å²) < 4.78 is 18.0. The van der Waals surface area contributed by atoms with Gasteiger partial charge in [0, 0.05) is 0 Å². The van der Waals surface area contributed by atoms with Gasteiger partial charge in [-0.15, -0.1) is 0 Å². The molecule has 0 saturated heterocycles. The molecule has 0 saturated carbocycles. The Kier molecular flexibility index (Phi) is 2.98. The zero-order chi connectivity index (χ0) is 11.6. The van der Waals surface area contributed by atoms with Crippen molar-refractivity contribution in [2.75, 3.05) is 0 Å². The quantitative estimate of drug-likeness (QED) is 0.836. The lowest BCUT2D eigenvalue weighted by molar-refractivity contribution is -0.152. The molecule has 1 N–H and O–H groups in total. The highest BCUT2D eigenvalue weighted by molar-refractivity contribution is 5.76. The van der Waals surface area contributed by atoms with Crippen LogP contribution in [0.3, 0.4) is 0 Å². The topological polar surface area (TPSA) is 46.5 Å². The Morgan fingerprint density at radius 2 is 2.07 bits per heavy atom. The van der Waals surface area contributed by atoms with Crippen LogP contribution in [-0.2, 0) is 4.79 Å². The highest BCUT2D eigenvalue weighted by Crippen LogP contribution is 2.23. The summed E-state index contributed by atoms with van der Waals surface area (Å²) in [5.41, 5.74) is -0.743. The molecule has 0 spiro atoms. The fourth-order valence-electron chi connectivity index (χ4n) is 1.05. The number of hydrogen-bond donors (Lipinski definition) is 1. The third-order valence-electron chi connectivity index (χ3n) is 2.02. The first kappa shape index (κ1) is 11.5. The number of aliphatic carboxylic acids is 1. The minimum atomic E-state index is -1.32. The molecule has 0 atom stereocenters. The lowest BCUT2D eigenvalue weighted by Gasteiger charge is -2.22. The van der Waals surface area contributed by atoms with E-state index in [9.17, 15) is 9.18 Å². The molecule has 0 aliphatic carbocycles. The van der Waals surface area contributed by atoms with Crippen molar-refractivity contribution in [1.82, 2.24) is 0 Å². The molecule has 1 aromatic carbocycles. The normalized spacial score (nSPS) is 11.2. The molecule has 1 rings (SSSR count). The summed E-state index contributed by atoms with van der Waals surface area (Å²) in [6.45, 7) is 4.55. The van der Waals surface area contributed by atoms with E-state index in [1.165, 1.54) is 32.0 Å². The number of carboxylic acids is 1. The molecule has 0 aliphatic heterocycles. The second kappa shape index (κ2) is 3.88. The fourth-order valence-corrected chi connectivity index (χ4v) is 1.05. The van der Waals surface area contributed by atoms with Crippen molar-refractivity contribution in [3.63, 3.8) is 0 Å². The van der Waals surface area contributed by atoms with Crippen molar-refractivity contribution < 1.29 is 19.0 Å². The maximum Gasteiger partial charge on any atom is 0.347 e.